The van der Waals surface area contributed by atoms with Crippen molar-refractivity contribution in [3.8, 4) is 0 Å². The minimum Gasteiger partial charge on any atom is -0.0651 e. The van der Waals surface area contributed by atoms with Crippen molar-refractivity contribution < 1.29 is 0 Å². The Labute approximate surface area is 116 Å². The van der Waals surface area contributed by atoms with E-state index in [4.69, 9.17) is 0 Å². The fraction of sp³-hybridized carbons (Fsp3) is 1.00. The van der Waals surface area contributed by atoms with Crippen LogP contribution in [-0.2, 0) is 0 Å². The van der Waals surface area contributed by atoms with Crippen molar-refractivity contribution in [1.29, 1.82) is 0 Å². The van der Waals surface area contributed by atoms with Gasteiger partial charge < -0.3 is 0 Å². The van der Waals surface area contributed by atoms with Gasteiger partial charge in [-0.05, 0) is 23.7 Å². The van der Waals surface area contributed by atoms with Crippen molar-refractivity contribution in [1.82, 2.24) is 0 Å². The molecule has 1 rings (SSSR count). The van der Waals surface area contributed by atoms with Crippen LogP contribution in [-0.4, -0.2) is 0 Å². The van der Waals surface area contributed by atoms with Gasteiger partial charge in [0.2, 0.25) is 0 Å². The molecule has 0 nitrogen and oxygen atoms in total. The van der Waals surface area contributed by atoms with Crippen LogP contribution in [0.5, 0.6) is 0 Å². The fourth-order valence-corrected chi connectivity index (χ4v) is 3.59. The first-order chi connectivity index (χ1) is 8.65. The maximum atomic E-state index is 2.41. The molecule has 3 unspecified atom stereocenters. The van der Waals surface area contributed by atoms with E-state index in [-0.39, 0.29) is 0 Å². The quantitative estimate of drug-likeness (QED) is 0.414. The SMILES string of the molecule is CCC1CCCC1CCCCCCC(C)C(C)C. The Hall–Kier alpha value is 0. The van der Waals surface area contributed by atoms with Crippen molar-refractivity contribution in [2.75, 3.05) is 0 Å². The lowest BCUT2D eigenvalue weighted by Crippen LogP contribution is -2.06. The summed E-state index contributed by atoms with van der Waals surface area (Å²) in [5.41, 5.74) is 0. The fourth-order valence-electron chi connectivity index (χ4n) is 3.59. The summed E-state index contributed by atoms with van der Waals surface area (Å²) in [6, 6.07) is 0. The molecule has 0 aromatic heterocycles. The molecule has 0 saturated heterocycles. The summed E-state index contributed by atoms with van der Waals surface area (Å²) < 4.78 is 0. The van der Waals surface area contributed by atoms with E-state index < -0.39 is 0 Å². The highest BCUT2D eigenvalue weighted by Gasteiger charge is 2.24. The molecule has 0 heteroatoms. The molecule has 0 heterocycles. The van der Waals surface area contributed by atoms with Crippen LogP contribution in [0.1, 0.15) is 91.9 Å². The van der Waals surface area contributed by atoms with E-state index in [0.717, 1.165) is 23.7 Å². The second-order valence-electron chi connectivity index (χ2n) is 7.07. The lowest BCUT2D eigenvalue weighted by molar-refractivity contribution is 0.337. The molecule has 18 heavy (non-hydrogen) atoms. The molecule has 108 valence electrons. The third-order valence-electron chi connectivity index (χ3n) is 5.46. The Morgan fingerprint density at radius 2 is 1.56 bits per heavy atom. The van der Waals surface area contributed by atoms with Gasteiger partial charge in [-0.15, -0.1) is 0 Å². The van der Waals surface area contributed by atoms with Crippen LogP contribution in [0.4, 0.5) is 0 Å². The highest BCUT2D eigenvalue weighted by Crippen LogP contribution is 2.37. The monoisotopic (exact) mass is 252 g/mol. The molecule has 0 amide bonds. The summed E-state index contributed by atoms with van der Waals surface area (Å²) in [5, 5.41) is 0. The minimum atomic E-state index is 0.869. The Balaban J connectivity index is 1.95. The van der Waals surface area contributed by atoms with Crippen molar-refractivity contribution in [3.63, 3.8) is 0 Å². The Bertz CT molecular complexity index is 194. The molecule has 0 radical (unpaired) electrons. The van der Waals surface area contributed by atoms with Crippen LogP contribution in [0, 0.1) is 23.7 Å². The zero-order chi connectivity index (χ0) is 13.4. The predicted molar refractivity (Wildman–Crippen MR) is 82.8 cm³/mol. The maximum Gasteiger partial charge on any atom is -0.0386 e. The van der Waals surface area contributed by atoms with E-state index >= 15 is 0 Å². The van der Waals surface area contributed by atoms with Crippen molar-refractivity contribution in [2.45, 2.75) is 91.9 Å². The summed E-state index contributed by atoms with van der Waals surface area (Å²) in [4.78, 5) is 0. The van der Waals surface area contributed by atoms with E-state index in [1.54, 1.807) is 0 Å². The first-order valence-corrected chi connectivity index (χ1v) is 8.65. The first kappa shape index (κ1) is 16.1. The second-order valence-corrected chi connectivity index (χ2v) is 7.07. The molecule has 1 aliphatic rings. The largest absolute Gasteiger partial charge is 0.0651 e. The molecule has 1 saturated carbocycles. The Morgan fingerprint density at radius 3 is 2.22 bits per heavy atom. The van der Waals surface area contributed by atoms with Crippen LogP contribution >= 0.6 is 0 Å². The molecular formula is C18H36. The van der Waals surface area contributed by atoms with Gasteiger partial charge >= 0.3 is 0 Å². The molecule has 1 fully saturated rings. The molecule has 0 spiro atoms. The zero-order valence-electron chi connectivity index (χ0n) is 13.4. The average molecular weight is 252 g/mol. The smallest absolute Gasteiger partial charge is 0.0386 e. The van der Waals surface area contributed by atoms with Gasteiger partial charge in [-0.2, -0.15) is 0 Å². The molecule has 0 aromatic rings. The first-order valence-electron chi connectivity index (χ1n) is 8.65. The summed E-state index contributed by atoms with van der Waals surface area (Å²) in [7, 11) is 0. The van der Waals surface area contributed by atoms with Gasteiger partial charge in [-0.25, -0.2) is 0 Å². The number of hydrogen-bond acceptors (Lipinski definition) is 0. The van der Waals surface area contributed by atoms with Crippen LogP contribution in [0.3, 0.4) is 0 Å². The maximum absolute atomic E-state index is 2.41. The van der Waals surface area contributed by atoms with Crippen LogP contribution in [0.15, 0.2) is 0 Å². The molecule has 0 N–H and O–H groups in total. The van der Waals surface area contributed by atoms with E-state index in [1.165, 1.54) is 64.2 Å². The number of hydrogen-bond donors (Lipinski definition) is 0. The third kappa shape index (κ3) is 5.76. The standard InChI is InChI=1S/C18H36/c1-5-17-13-10-14-18(17)12-9-7-6-8-11-16(4)15(2)3/h15-18H,5-14H2,1-4H3. The van der Waals surface area contributed by atoms with Gasteiger partial charge in [0, 0.05) is 0 Å². The Morgan fingerprint density at radius 1 is 0.889 bits per heavy atom. The topological polar surface area (TPSA) is 0 Å². The summed E-state index contributed by atoms with van der Waals surface area (Å²) in [5.74, 6) is 3.95. The normalized spacial score (nSPS) is 25.8. The molecule has 1 aliphatic carbocycles. The van der Waals surface area contributed by atoms with E-state index in [0.29, 0.717) is 0 Å². The van der Waals surface area contributed by atoms with Gasteiger partial charge in [0.05, 0.1) is 0 Å². The number of unbranched alkanes of at least 4 members (excludes halogenated alkanes) is 3. The van der Waals surface area contributed by atoms with Crippen molar-refractivity contribution >= 4 is 0 Å². The van der Waals surface area contributed by atoms with E-state index in [1.807, 2.05) is 0 Å². The highest BCUT2D eigenvalue weighted by molar-refractivity contribution is 4.76. The summed E-state index contributed by atoms with van der Waals surface area (Å²) in [6.07, 6.45) is 14.9. The lowest BCUT2D eigenvalue weighted by Gasteiger charge is -2.18. The Kier molecular flexibility index (Phi) is 8.02. The van der Waals surface area contributed by atoms with Crippen LogP contribution in [0.25, 0.3) is 0 Å². The molecule has 3 atom stereocenters. The number of rotatable bonds is 9. The van der Waals surface area contributed by atoms with E-state index in [2.05, 4.69) is 27.7 Å². The second kappa shape index (κ2) is 8.99. The summed E-state index contributed by atoms with van der Waals surface area (Å²) in [6.45, 7) is 9.51. The van der Waals surface area contributed by atoms with Crippen molar-refractivity contribution in [3.05, 3.63) is 0 Å². The van der Waals surface area contributed by atoms with Gasteiger partial charge in [0.1, 0.15) is 0 Å². The average Bonchev–Trinajstić information content (AvgIpc) is 2.80. The van der Waals surface area contributed by atoms with Crippen LogP contribution < -0.4 is 0 Å². The molecule has 0 aromatic carbocycles. The zero-order valence-corrected chi connectivity index (χ0v) is 13.4. The minimum absolute atomic E-state index is 0.869. The van der Waals surface area contributed by atoms with E-state index in [9.17, 15) is 0 Å². The molecule has 0 bridgehead atoms. The van der Waals surface area contributed by atoms with Crippen molar-refractivity contribution in [2.24, 2.45) is 23.7 Å². The van der Waals surface area contributed by atoms with Gasteiger partial charge in [0.25, 0.3) is 0 Å². The summed E-state index contributed by atoms with van der Waals surface area (Å²) >= 11 is 0. The van der Waals surface area contributed by atoms with Gasteiger partial charge in [-0.1, -0.05) is 91.9 Å². The van der Waals surface area contributed by atoms with Gasteiger partial charge in [-0.3, -0.25) is 0 Å². The van der Waals surface area contributed by atoms with Gasteiger partial charge in [0.15, 0.2) is 0 Å². The predicted octanol–water partition coefficient (Wildman–Crippen LogP) is 6.45. The van der Waals surface area contributed by atoms with Crippen LogP contribution in [0.2, 0.25) is 0 Å². The third-order valence-corrected chi connectivity index (χ3v) is 5.46. The molecular weight excluding hydrogens is 216 g/mol. The lowest BCUT2D eigenvalue weighted by atomic mass is 9.88. The molecule has 0 aliphatic heterocycles. The highest BCUT2D eigenvalue weighted by atomic mass is 14.3.